The Bertz CT molecular complexity index is 916. The number of hydrogen-bond acceptors (Lipinski definition) is 3. The fraction of sp³-hybridized carbons (Fsp3) is 0.143. The number of esters is 1. The Balaban J connectivity index is 2.03. The lowest BCUT2D eigenvalue weighted by Gasteiger charge is -2.17. The Morgan fingerprint density at radius 1 is 1.15 bits per heavy atom. The van der Waals surface area contributed by atoms with Gasteiger partial charge in [-0.1, -0.05) is 54.1 Å². The molecule has 1 aliphatic heterocycles. The molecule has 2 aromatic rings. The minimum atomic E-state index is -0.528. The maximum absolute atomic E-state index is 13.0. The van der Waals surface area contributed by atoms with Crippen molar-refractivity contribution < 1.29 is 14.3 Å². The SMILES string of the molecule is COC(=O)C1=C(C)N(Cc2ccccc2)C(=O)/C1=C\c1cccc(Cl)c1. The largest absolute Gasteiger partial charge is 0.465 e. The van der Waals surface area contributed by atoms with E-state index in [1.807, 2.05) is 36.4 Å². The van der Waals surface area contributed by atoms with Gasteiger partial charge in [0.2, 0.25) is 0 Å². The minimum absolute atomic E-state index is 0.230. The number of allylic oxidation sites excluding steroid dienone is 1. The molecule has 2 aromatic carbocycles. The first-order chi connectivity index (χ1) is 12.5. The Labute approximate surface area is 157 Å². The summed E-state index contributed by atoms with van der Waals surface area (Å²) in [6.45, 7) is 2.14. The van der Waals surface area contributed by atoms with Gasteiger partial charge in [0, 0.05) is 10.7 Å². The van der Waals surface area contributed by atoms with Crippen molar-refractivity contribution in [2.45, 2.75) is 13.5 Å². The maximum atomic E-state index is 13.0. The maximum Gasteiger partial charge on any atom is 0.340 e. The summed E-state index contributed by atoms with van der Waals surface area (Å²) in [5.74, 6) is -0.758. The molecule has 1 amide bonds. The third-order valence-electron chi connectivity index (χ3n) is 4.24. The van der Waals surface area contributed by atoms with Gasteiger partial charge in [-0.3, -0.25) is 4.79 Å². The predicted molar refractivity (Wildman–Crippen MR) is 101 cm³/mol. The number of carbonyl (C=O) groups is 2. The Morgan fingerprint density at radius 3 is 2.54 bits per heavy atom. The lowest BCUT2D eigenvalue weighted by molar-refractivity contribution is -0.136. The van der Waals surface area contributed by atoms with Crippen molar-refractivity contribution in [3.05, 3.63) is 87.6 Å². The van der Waals surface area contributed by atoms with E-state index < -0.39 is 5.97 Å². The molecule has 1 aliphatic rings. The van der Waals surface area contributed by atoms with Crippen LogP contribution in [0.5, 0.6) is 0 Å². The summed E-state index contributed by atoms with van der Waals surface area (Å²) >= 11 is 6.03. The van der Waals surface area contributed by atoms with Crippen molar-refractivity contribution in [1.82, 2.24) is 4.90 Å². The van der Waals surface area contributed by atoms with E-state index in [0.29, 0.717) is 22.8 Å². The van der Waals surface area contributed by atoms with Crippen LogP contribution in [0.25, 0.3) is 6.08 Å². The number of methoxy groups -OCH3 is 1. The van der Waals surface area contributed by atoms with Crippen LogP contribution in [0, 0.1) is 0 Å². The molecule has 0 aromatic heterocycles. The smallest absolute Gasteiger partial charge is 0.340 e. The van der Waals surface area contributed by atoms with Gasteiger partial charge >= 0.3 is 5.97 Å². The van der Waals surface area contributed by atoms with E-state index in [4.69, 9.17) is 16.3 Å². The van der Waals surface area contributed by atoms with Crippen LogP contribution in [0.4, 0.5) is 0 Å². The molecule has 0 saturated heterocycles. The molecule has 0 saturated carbocycles. The fourth-order valence-corrected chi connectivity index (χ4v) is 3.15. The molecule has 0 fully saturated rings. The second-order valence-electron chi connectivity index (χ2n) is 5.94. The highest BCUT2D eigenvalue weighted by Gasteiger charge is 2.36. The summed E-state index contributed by atoms with van der Waals surface area (Å²) in [6, 6.07) is 16.8. The average molecular weight is 368 g/mol. The summed E-state index contributed by atoms with van der Waals surface area (Å²) in [7, 11) is 1.31. The number of hydrogen-bond donors (Lipinski definition) is 0. The van der Waals surface area contributed by atoms with Crippen LogP contribution < -0.4 is 0 Å². The summed E-state index contributed by atoms with van der Waals surface area (Å²) in [6.07, 6.45) is 1.68. The fourth-order valence-electron chi connectivity index (χ4n) is 2.95. The number of rotatable bonds is 4. The molecule has 1 heterocycles. The second-order valence-corrected chi connectivity index (χ2v) is 6.38. The third-order valence-corrected chi connectivity index (χ3v) is 4.48. The van der Waals surface area contributed by atoms with Gasteiger partial charge in [0.05, 0.1) is 24.8 Å². The standard InChI is InChI=1S/C21H18ClNO3/c1-14-19(21(25)26-2)18(12-16-9-6-10-17(22)11-16)20(24)23(14)13-15-7-4-3-5-8-15/h3-12H,13H2,1-2H3/b18-12-. The first-order valence-electron chi connectivity index (χ1n) is 8.14. The van der Waals surface area contributed by atoms with Crippen LogP contribution in [-0.2, 0) is 20.9 Å². The van der Waals surface area contributed by atoms with E-state index in [-0.39, 0.29) is 11.5 Å². The molecule has 26 heavy (non-hydrogen) atoms. The zero-order valence-corrected chi connectivity index (χ0v) is 15.3. The van der Waals surface area contributed by atoms with Crippen molar-refractivity contribution in [3.63, 3.8) is 0 Å². The van der Waals surface area contributed by atoms with E-state index >= 15 is 0 Å². The Morgan fingerprint density at radius 2 is 1.88 bits per heavy atom. The highest BCUT2D eigenvalue weighted by Crippen LogP contribution is 2.33. The molecule has 0 N–H and O–H groups in total. The topological polar surface area (TPSA) is 46.6 Å². The van der Waals surface area contributed by atoms with Crippen LogP contribution in [0.1, 0.15) is 18.1 Å². The number of nitrogens with zero attached hydrogens (tertiary/aromatic N) is 1. The average Bonchev–Trinajstić information content (AvgIpc) is 2.86. The van der Waals surface area contributed by atoms with Crippen molar-refractivity contribution in [2.24, 2.45) is 0 Å². The molecule has 0 bridgehead atoms. The van der Waals surface area contributed by atoms with Gasteiger partial charge in [-0.05, 0) is 36.3 Å². The van der Waals surface area contributed by atoms with E-state index in [1.165, 1.54) is 7.11 Å². The number of halogens is 1. The van der Waals surface area contributed by atoms with Crippen LogP contribution in [-0.4, -0.2) is 23.9 Å². The molecule has 0 aliphatic carbocycles. The lowest BCUT2D eigenvalue weighted by atomic mass is 10.0. The summed E-state index contributed by atoms with van der Waals surface area (Å²) in [5, 5.41) is 0.561. The summed E-state index contributed by atoms with van der Waals surface area (Å²) in [4.78, 5) is 26.9. The molecule has 3 rings (SSSR count). The molecule has 0 unspecified atom stereocenters. The molecule has 4 nitrogen and oxygen atoms in total. The van der Waals surface area contributed by atoms with Gasteiger partial charge in [0.25, 0.3) is 5.91 Å². The van der Waals surface area contributed by atoms with Crippen molar-refractivity contribution in [2.75, 3.05) is 7.11 Å². The molecule has 0 spiro atoms. The van der Waals surface area contributed by atoms with E-state index in [1.54, 1.807) is 36.1 Å². The molecule has 0 atom stereocenters. The van der Waals surface area contributed by atoms with E-state index in [9.17, 15) is 9.59 Å². The first kappa shape index (κ1) is 18.0. The van der Waals surface area contributed by atoms with Gasteiger partial charge in [-0.2, -0.15) is 0 Å². The normalized spacial score (nSPS) is 15.7. The minimum Gasteiger partial charge on any atom is -0.465 e. The van der Waals surface area contributed by atoms with Gasteiger partial charge in [0.1, 0.15) is 0 Å². The predicted octanol–water partition coefficient (Wildman–Crippen LogP) is 4.21. The first-order valence-corrected chi connectivity index (χ1v) is 8.51. The van der Waals surface area contributed by atoms with E-state index in [2.05, 4.69) is 0 Å². The van der Waals surface area contributed by atoms with E-state index in [0.717, 1.165) is 11.1 Å². The lowest BCUT2D eigenvalue weighted by Crippen LogP contribution is -2.24. The van der Waals surface area contributed by atoms with Gasteiger partial charge in [-0.25, -0.2) is 4.79 Å². The van der Waals surface area contributed by atoms with Gasteiger partial charge < -0.3 is 9.64 Å². The monoisotopic (exact) mass is 367 g/mol. The van der Waals surface area contributed by atoms with Crippen molar-refractivity contribution in [1.29, 1.82) is 0 Å². The highest BCUT2D eigenvalue weighted by atomic mass is 35.5. The van der Waals surface area contributed by atoms with Gasteiger partial charge in [0.15, 0.2) is 0 Å². The molecule has 5 heteroatoms. The third kappa shape index (κ3) is 3.55. The Kier molecular flexibility index (Phi) is 5.24. The van der Waals surface area contributed by atoms with Crippen LogP contribution in [0.3, 0.4) is 0 Å². The van der Waals surface area contributed by atoms with Crippen molar-refractivity contribution in [3.8, 4) is 0 Å². The zero-order valence-electron chi connectivity index (χ0n) is 14.5. The number of carbonyl (C=O) groups excluding carboxylic acids is 2. The quantitative estimate of drug-likeness (QED) is 0.600. The molecular formula is C21H18ClNO3. The van der Waals surface area contributed by atoms with Crippen LogP contribution in [0.2, 0.25) is 5.02 Å². The molecular weight excluding hydrogens is 350 g/mol. The second kappa shape index (κ2) is 7.58. The number of amides is 1. The highest BCUT2D eigenvalue weighted by molar-refractivity contribution is 6.30. The summed E-state index contributed by atoms with van der Waals surface area (Å²) < 4.78 is 4.90. The number of ether oxygens (including phenoxy) is 1. The molecule has 0 radical (unpaired) electrons. The number of benzene rings is 2. The van der Waals surface area contributed by atoms with Crippen LogP contribution >= 0.6 is 11.6 Å². The summed E-state index contributed by atoms with van der Waals surface area (Å²) in [5.41, 5.74) is 2.91. The van der Waals surface area contributed by atoms with Crippen LogP contribution in [0.15, 0.2) is 71.4 Å². The Hall–Kier alpha value is -2.85. The van der Waals surface area contributed by atoms with Gasteiger partial charge in [-0.15, -0.1) is 0 Å². The van der Waals surface area contributed by atoms with Crippen molar-refractivity contribution >= 4 is 29.6 Å². The molecule has 132 valence electrons. The zero-order chi connectivity index (χ0) is 18.7.